The highest BCUT2D eigenvalue weighted by molar-refractivity contribution is 9.10. The Morgan fingerprint density at radius 3 is 2.29 bits per heavy atom. The summed E-state index contributed by atoms with van der Waals surface area (Å²) in [7, 11) is 0. The number of alkyl halides is 1. The average molecular weight is 340 g/mol. The monoisotopic (exact) mass is 338 g/mol. The molecule has 14 heavy (non-hydrogen) atoms. The second kappa shape index (κ2) is 5.66. The normalized spacial score (nSPS) is 13.6. The van der Waals surface area contributed by atoms with Gasteiger partial charge in [-0.2, -0.15) is 0 Å². The zero-order valence-corrected chi connectivity index (χ0v) is 12.8. The topological polar surface area (TPSA) is 0 Å². The number of aryl methyl sites for hydroxylation is 1. The first kappa shape index (κ1) is 12.7. The zero-order chi connectivity index (χ0) is 10.7. The Morgan fingerprint density at radius 1 is 1.36 bits per heavy atom. The van der Waals surface area contributed by atoms with E-state index >= 15 is 0 Å². The minimum atomic E-state index is 0.521. The van der Waals surface area contributed by atoms with Crippen LogP contribution in [0.3, 0.4) is 0 Å². The SMILES string of the molecule is CCC(CC)C(Br)c1cc(Br)c(C)s1. The molecule has 0 spiro atoms. The number of halogens is 2. The van der Waals surface area contributed by atoms with Crippen molar-refractivity contribution in [3.8, 4) is 0 Å². The molecule has 1 heterocycles. The van der Waals surface area contributed by atoms with E-state index in [1.165, 1.54) is 27.1 Å². The smallest absolute Gasteiger partial charge is 0.0517 e. The summed E-state index contributed by atoms with van der Waals surface area (Å²) in [4.78, 5) is 3.34. The molecule has 1 aromatic rings. The van der Waals surface area contributed by atoms with Gasteiger partial charge in [0.15, 0.2) is 0 Å². The van der Waals surface area contributed by atoms with E-state index in [9.17, 15) is 0 Å². The molecule has 0 saturated carbocycles. The molecule has 1 aromatic heterocycles. The molecule has 1 rings (SSSR count). The maximum absolute atomic E-state index is 3.81. The first-order valence-corrected chi connectivity index (χ1v) is 7.52. The highest BCUT2D eigenvalue weighted by atomic mass is 79.9. The molecule has 80 valence electrons. The Kier molecular flexibility index (Phi) is 5.15. The van der Waals surface area contributed by atoms with E-state index in [1.807, 2.05) is 11.3 Å². The van der Waals surface area contributed by atoms with Gasteiger partial charge in [0.25, 0.3) is 0 Å². The highest BCUT2D eigenvalue weighted by Gasteiger charge is 2.19. The van der Waals surface area contributed by atoms with E-state index in [1.54, 1.807) is 0 Å². The lowest BCUT2D eigenvalue weighted by molar-refractivity contribution is 0.490. The lowest BCUT2D eigenvalue weighted by Crippen LogP contribution is -2.03. The number of rotatable bonds is 4. The van der Waals surface area contributed by atoms with Crippen LogP contribution in [0.15, 0.2) is 10.5 Å². The van der Waals surface area contributed by atoms with Crippen molar-refractivity contribution in [2.24, 2.45) is 5.92 Å². The minimum Gasteiger partial charge on any atom is -0.143 e. The summed E-state index contributed by atoms with van der Waals surface area (Å²) in [5.74, 6) is 0.750. The van der Waals surface area contributed by atoms with E-state index < -0.39 is 0 Å². The lowest BCUT2D eigenvalue weighted by Gasteiger charge is -2.17. The maximum atomic E-state index is 3.81. The molecule has 1 unspecified atom stereocenters. The molecule has 0 N–H and O–H groups in total. The van der Waals surface area contributed by atoms with Gasteiger partial charge in [-0.3, -0.25) is 0 Å². The molecule has 0 aliphatic carbocycles. The van der Waals surface area contributed by atoms with Gasteiger partial charge in [0.1, 0.15) is 0 Å². The largest absolute Gasteiger partial charge is 0.143 e. The summed E-state index contributed by atoms with van der Waals surface area (Å²) in [5.41, 5.74) is 0. The van der Waals surface area contributed by atoms with Crippen molar-refractivity contribution in [1.29, 1.82) is 0 Å². The lowest BCUT2D eigenvalue weighted by atomic mass is 9.99. The first-order valence-electron chi connectivity index (χ1n) is 5.00. The second-order valence-corrected chi connectivity index (χ2v) is 6.66. The van der Waals surface area contributed by atoms with Gasteiger partial charge in [-0.05, 0) is 34.8 Å². The van der Waals surface area contributed by atoms with Crippen molar-refractivity contribution in [1.82, 2.24) is 0 Å². The number of hydrogen-bond donors (Lipinski definition) is 0. The average Bonchev–Trinajstić information content (AvgIpc) is 2.49. The third-order valence-electron chi connectivity index (χ3n) is 2.61. The van der Waals surface area contributed by atoms with Crippen molar-refractivity contribution in [3.63, 3.8) is 0 Å². The molecule has 0 aliphatic heterocycles. The first-order chi connectivity index (χ1) is 6.60. The summed E-state index contributed by atoms with van der Waals surface area (Å²) in [5, 5.41) is 0. The molecule has 3 heteroatoms. The van der Waals surface area contributed by atoms with Crippen molar-refractivity contribution in [2.45, 2.75) is 38.4 Å². The van der Waals surface area contributed by atoms with Crippen LogP contribution in [-0.2, 0) is 0 Å². The third kappa shape index (κ3) is 2.83. The standard InChI is InChI=1S/C11H16Br2S/c1-4-8(5-2)11(13)10-6-9(12)7(3)14-10/h6,8,11H,4-5H2,1-3H3. The molecular formula is C11H16Br2S. The number of thiophene rings is 1. The molecule has 0 saturated heterocycles. The maximum Gasteiger partial charge on any atom is 0.0517 e. The molecule has 0 bridgehead atoms. The summed E-state index contributed by atoms with van der Waals surface area (Å²) in [6, 6.07) is 2.25. The predicted octanol–water partition coefficient (Wildman–Crippen LogP) is 5.69. The van der Waals surface area contributed by atoms with Crippen LogP contribution in [0.1, 0.15) is 41.3 Å². The van der Waals surface area contributed by atoms with Gasteiger partial charge >= 0.3 is 0 Å². The zero-order valence-electron chi connectivity index (χ0n) is 8.81. The molecule has 0 aliphatic rings. The summed E-state index contributed by atoms with van der Waals surface area (Å²) >= 11 is 9.26. The van der Waals surface area contributed by atoms with Crippen LogP contribution in [0.25, 0.3) is 0 Å². The molecule has 0 nitrogen and oxygen atoms in total. The van der Waals surface area contributed by atoms with Crippen molar-refractivity contribution in [2.75, 3.05) is 0 Å². The van der Waals surface area contributed by atoms with Crippen molar-refractivity contribution < 1.29 is 0 Å². The summed E-state index contributed by atoms with van der Waals surface area (Å²) < 4.78 is 1.24. The molecule has 0 aromatic carbocycles. The third-order valence-corrected chi connectivity index (χ3v) is 6.37. The fourth-order valence-corrected chi connectivity index (χ4v) is 4.35. The van der Waals surface area contributed by atoms with Crippen LogP contribution in [-0.4, -0.2) is 0 Å². The van der Waals surface area contributed by atoms with Gasteiger partial charge in [0.2, 0.25) is 0 Å². The molecule has 0 amide bonds. The van der Waals surface area contributed by atoms with Gasteiger partial charge in [0, 0.05) is 14.2 Å². The van der Waals surface area contributed by atoms with Gasteiger partial charge in [-0.15, -0.1) is 11.3 Å². The van der Waals surface area contributed by atoms with Gasteiger partial charge in [-0.1, -0.05) is 42.6 Å². The van der Waals surface area contributed by atoms with Crippen LogP contribution < -0.4 is 0 Å². The van der Waals surface area contributed by atoms with Gasteiger partial charge in [0.05, 0.1) is 4.83 Å². The summed E-state index contributed by atoms with van der Waals surface area (Å²) in [6.45, 7) is 6.68. The Hall–Kier alpha value is 0.660. The number of hydrogen-bond acceptors (Lipinski definition) is 1. The van der Waals surface area contributed by atoms with E-state index in [4.69, 9.17) is 0 Å². The highest BCUT2D eigenvalue weighted by Crippen LogP contribution is 2.41. The molecule has 0 fully saturated rings. The predicted molar refractivity (Wildman–Crippen MR) is 72.5 cm³/mol. The van der Waals surface area contributed by atoms with Crippen LogP contribution in [0.2, 0.25) is 0 Å². The van der Waals surface area contributed by atoms with Gasteiger partial charge in [-0.25, -0.2) is 0 Å². The van der Waals surface area contributed by atoms with Crippen LogP contribution >= 0.6 is 43.2 Å². The van der Waals surface area contributed by atoms with Gasteiger partial charge < -0.3 is 0 Å². The fraction of sp³-hybridized carbons (Fsp3) is 0.636. The molecular weight excluding hydrogens is 324 g/mol. The Labute approximate surface area is 107 Å². The Balaban J connectivity index is 2.82. The summed E-state index contributed by atoms with van der Waals surface area (Å²) in [6.07, 6.45) is 2.47. The van der Waals surface area contributed by atoms with Crippen LogP contribution in [0, 0.1) is 12.8 Å². The quantitative estimate of drug-likeness (QED) is 0.618. The van der Waals surface area contributed by atoms with E-state index in [0.717, 1.165) is 5.92 Å². The van der Waals surface area contributed by atoms with Crippen molar-refractivity contribution in [3.05, 3.63) is 20.3 Å². The van der Waals surface area contributed by atoms with E-state index in [0.29, 0.717) is 4.83 Å². The fourth-order valence-electron chi connectivity index (χ4n) is 1.55. The van der Waals surface area contributed by atoms with E-state index in [-0.39, 0.29) is 0 Å². The van der Waals surface area contributed by atoms with Crippen LogP contribution in [0.4, 0.5) is 0 Å². The second-order valence-electron chi connectivity index (χ2n) is 3.53. The Bertz CT molecular complexity index is 270. The molecule has 0 radical (unpaired) electrons. The molecule has 1 atom stereocenters. The van der Waals surface area contributed by atoms with E-state index in [2.05, 4.69) is 58.7 Å². The van der Waals surface area contributed by atoms with Crippen LogP contribution in [0.5, 0.6) is 0 Å². The minimum absolute atomic E-state index is 0.521. The van der Waals surface area contributed by atoms with Crippen molar-refractivity contribution >= 4 is 43.2 Å². The Morgan fingerprint density at radius 2 is 1.93 bits per heavy atom.